The molecule has 39 heavy (non-hydrogen) atoms. The zero-order chi connectivity index (χ0) is 28.0. The van der Waals surface area contributed by atoms with Gasteiger partial charge in [-0.3, -0.25) is 9.52 Å². The smallest absolute Gasteiger partial charge is 0.341 e. The number of methoxy groups -OCH3 is 1. The van der Waals surface area contributed by atoms with Gasteiger partial charge in [-0.05, 0) is 55.3 Å². The lowest BCUT2D eigenvalue weighted by Crippen LogP contribution is -2.26. The van der Waals surface area contributed by atoms with Crippen LogP contribution in [0.15, 0.2) is 102 Å². The van der Waals surface area contributed by atoms with Gasteiger partial charge in [0, 0.05) is 17.3 Å². The van der Waals surface area contributed by atoms with Gasteiger partial charge in [0.05, 0.1) is 23.3 Å². The Labute approximate surface area is 227 Å². The molecule has 1 amide bonds. The molecule has 0 saturated carbocycles. The molecule has 0 aliphatic rings. The molecular formula is C30H28N2O6S. The molecule has 0 aromatic heterocycles. The maximum atomic E-state index is 13.4. The number of sulfonamides is 1. The third kappa shape index (κ3) is 6.63. The van der Waals surface area contributed by atoms with E-state index >= 15 is 0 Å². The predicted octanol–water partition coefficient (Wildman–Crippen LogP) is 5.65. The second-order valence-electron chi connectivity index (χ2n) is 8.84. The molecule has 200 valence electrons. The summed E-state index contributed by atoms with van der Waals surface area (Å²) in [5, 5.41) is 2.75. The molecule has 0 spiro atoms. The number of carbonyl (C=O) groups is 2. The van der Waals surface area contributed by atoms with Crippen molar-refractivity contribution in [3.05, 3.63) is 119 Å². The van der Waals surface area contributed by atoms with E-state index in [1.165, 1.54) is 19.2 Å². The van der Waals surface area contributed by atoms with Crippen LogP contribution in [0, 0.1) is 13.8 Å². The van der Waals surface area contributed by atoms with Gasteiger partial charge in [-0.25, -0.2) is 13.2 Å². The van der Waals surface area contributed by atoms with Gasteiger partial charge >= 0.3 is 5.97 Å². The van der Waals surface area contributed by atoms with E-state index in [2.05, 4.69) is 10.0 Å². The summed E-state index contributed by atoms with van der Waals surface area (Å²) in [7, 11) is -2.50. The highest BCUT2D eigenvalue weighted by molar-refractivity contribution is 7.92. The van der Waals surface area contributed by atoms with Crippen molar-refractivity contribution < 1.29 is 27.5 Å². The topological polar surface area (TPSA) is 111 Å². The SMILES string of the molecule is COc1cccc(NC(=O)[C@@H](OC(=O)c2ccccc2NS(=O)(=O)c2cc(C)ccc2C)c2ccccc2)c1. The van der Waals surface area contributed by atoms with Crippen LogP contribution < -0.4 is 14.8 Å². The number of aryl methyl sites for hydroxylation is 2. The summed E-state index contributed by atoms with van der Waals surface area (Å²) < 4.78 is 39.9. The van der Waals surface area contributed by atoms with Gasteiger partial charge in [-0.2, -0.15) is 0 Å². The maximum Gasteiger partial charge on any atom is 0.341 e. The number of hydrogen-bond donors (Lipinski definition) is 2. The highest BCUT2D eigenvalue weighted by Gasteiger charge is 2.28. The summed E-state index contributed by atoms with van der Waals surface area (Å²) in [6.07, 6.45) is -1.31. The van der Waals surface area contributed by atoms with Gasteiger partial charge in [0.15, 0.2) is 0 Å². The standard InChI is InChI=1S/C30H28N2O6S/c1-20-16-17-21(2)27(18-20)39(35,36)32-26-15-8-7-14-25(26)30(34)38-28(22-10-5-4-6-11-22)29(33)31-23-12-9-13-24(19-23)37-3/h4-19,28,32H,1-3H3,(H,31,33)/t28-/m0/s1. The number of carbonyl (C=O) groups excluding carboxylic acids is 2. The summed E-state index contributed by atoms with van der Waals surface area (Å²) in [5.74, 6) is -0.911. The molecule has 8 nitrogen and oxygen atoms in total. The maximum absolute atomic E-state index is 13.4. The van der Waals surface area contributed by atoms with Crippen LogP contribution in [0.4, 0.5) is 11.4 Å². The second kappa shape index (κ2) is 11.8. The summed E-state index contributed by atoms with van der Waals surface area (Å²) in [6, 6.07) is 26.5. The van der Waals surface area contributed by atoms with E-state index in [9.17, 15) is 18.0 Å². The summed E-state index contributed by atoms with van der Waals surface area (Å²) in [5.41, 5.74) is 2.23. The number of para-hydroxylation sites is 1. The molecule has 0 heterocycles. The lowest BCUT2D eigenvalue weighted by molar-refractivity contribution is -0.125. The molecule has 0 unspecified atom stereocenters. The Balaban J connectivity index is 1.62. The van der Waals surface area contributed by atoms with Crippen LogP contribution in [0.25, 0.3) is 0 Å². The minimum absolute atomic E-state index is 0.0309. The van der Waals surface area contributed by atoms with E-state index in [4.69, 9.17) is 9.47 Å². The largest absolute Gasteiger partial charge is 0.497 e. The minimum atomic E-state index is -4.02. The van der Waals surface area contributed by atoms with Crippen LogP contribution in [0.1, 0.15) is 33.2 Å². The first-order valence-electron chi connectivity index (χ1n) is 12.1. The molecule has 0 bridgehead atoms. The highest BCUT2D eigenvalue weighted by Crippen LogP contribution is 2.27. The Hall–Kier alpha value is -4.63. The van der Waals surface area contributed by atoms with Gasteiger partial charge < -0.3 is 14.8 Å². The molecular weight excluding hydrogens is 516 g/mol. The van der Waals surface area contributed by atoms with Gasteiger partial charge in [0.1, 0.15) is 5.75 Å². The molecule has 9 heteroatoms. The van der Waals surface area contributed by atoms with Crippen LogP contribution >= 0.6 is 0 Å². The molecule has 0 saturated heterocycles. The predicted molar refractivity (Wildman–Crippen MR) is 149 cm³/mol. The number of ether oxygens (including phenoxy) is 2. The van der Waals surface area contributed by atoms with Crippen LogP contribution in [-0.4, -0.2) is 27.4 Å². The molecule has 4 aromatic rings. The fourth-order valence-corrected chi connectivity index (χ4v) is 5.34. The number of rotatable bonds is 9. The Kier molecular flexibility index (Phi) is 8.31. The fourth-order valence-electron chi connectivity index (χ4n) is 3.93. The number of benzene rings is 4. The first-order chi connectivity index (χ1) is 18.7. The van der Waals surface area contributed by atoms with Crippen molar-refractivity contribution in [1.82, 2.24) is 0 Å². The first-order valence-corrected chi connectivity index (χ1v) is 13.6. The molecule has 4 rings (SSSR count). The summed E-state index contributed by atoms with van der Waals surface area (Å²) >= 11 is 0. The van der Waals surface area contributed by atoms with E-state index in [1.54, 1.807) is 92.7 Å². The van der Waals surface area contributed by atoms with E-state index in [0.717, 1.165) is 5.56 Å². The van der Waals surface area contributed by atoms with Gasteiger partial charge in [-0.1, -0.05) is 60.7 Å². The summed E-state index contributed by atoms with van der Waals surface area (Å²) in [6.45, 7) is 3.49. The number of esters is 1. The van der Waals surface area contributed by atoms with Crippen molar-refractivity contribution in [3.8, 4) is 5.75 Å². The zero-order valence-electron chi connectivity index (χ0n) is 21.7. The normalized spacial score (nSPS) is 11.8. The molecule has 0 fully saturated rings. The third-order valence-corrected chi connectivity index (χ3v) is 7.43. The van der Waals surface area contributed by atoms with E-state index < -0.39 is 28.0 Å². The molecule has 4 aromatic carbocycles. The quantitative estimate of drug-likeness (QED) is 0.264. The summed E-state index contributed by atoms with van der Waals surface area (Å²) in [4.78, 5) is 26.8. The van der Waals surface area contributed by atoms with Crippen LogP contribution in [0.3, 0.4) is 0 Å². The monoisotopic (exact) mass is 544 g/mol. The van der Waals surface area contributed by atoms with Crippen LogP contribution in [0.5, 0.6) is 5.75 Å². The second-order valence-corrected chi connectivity index (χ2v) is 10.5. The minimum Gasteiger partial charge on any atom is -0.497 e. The lowest BCUT2D eigenvalue weighted by atomic mass is 10.1. The molecule has 1 atom stereocenters. The Morgan fingerprint density at radius 1 is 0.821 bits per heavy atom. The van der Waals surface area contributed by atoms with E-state index in [-0.39, 0.29) is 16.1 Å². The average molecular weight is 545 g/mol. The highest BCUT2D eigenvalue weighted by atomic mass is 32.2. The molecule has 0 aliphatic heterocycles. The average Bonchev–Trinajstić information content (AvgIpc) is 2.93. The number of nitrogens with one attached hydrogen (secondary N) is 2. The number of anilines is 2. The van der Waals surface area contributed by atoms with E-state index in [1.807, 2.05) is 6.07 Å². The van der Waals surface area contributed by atoms with Gasteiger partial charge in [0.2, 0.25) is 6.10 Å². The Morgan fingerprint density at radius 2 is 1.54 bits per heavy atom. The van der Waals surface area contributed by atoms with Crippen molar-refractivity contribution in [1.29, 1.82) is 0 Å². The van der Waals surface area contributed by atoms with Crippen molar-refractivity contribution in [2.24, 2.45) is 0 Å². The van der Waals surface area contributed by atoms with Crippen molar-refractivity contribution in [2.45, 2.75) is 24.8 Å². The van der Waals surface area contributed by atoms with Crippen LogP contribution in [-0.2, 0) is 19.6 Å². The van der Waals surface area contributed by atoms with Crippen molar-refractivity contribution >= 4 is 33.3 Å². The van der Waals surface area contributed by atoms with Gasteiger partial charge in [0.25, 0.3) is 15.9 Å². The van der Waals surface area contributed by atoms with Crippen LogP contribution in [0.2, 0.25) is 0 Å². The van der Waals surface area contributed by atoms with E-state index in [0.29, 0.717) is 22.6 Å². The Morgan fingerprint density at radius 3 is 2.28 bits per heavy atom. The van der Waals surface area contributed by atoms with Crippen molar-refractivity contribution in [2.75, 3.05) is 17.1 Å². The Bertz CT molecular complexity index is 1600. The molecule has 2 N–H and O–H groups in total. The molecule has 0 aliphatic carbocycles. The first kappa shape index (κ1) is 27.4. The lowest BCUT2D eigenvalue weighted by Gasteiger charge is -2.20. The fraction of sp³-hybridized carbons (Fsp3) is 0.133. The van der Waals surface area contributed by atoms with Crippen molar-refractivity contribution in [3.63, 3.8) is 0 Å². The number of hydrogen-bond acceptors (Lipinski definition) is 6. The number of amides is 1. The third-order valence-electron chi connectivity index (χ3n) is 5.93. The van der Waals surface area contributed by atoms with Gasteiger partial charge in [-0.15, -0.1) is 0 Å². The zero-order valence-corrected chi connectivity index (χ0v) is 22.5. The molecule has 0 radical (unpaired) electrons.